The van der Waals surface area contributed by atoms with Crippen LogP contribution in [-0.2, 0) is 0 Å². The number of nitrogens with one attached hydrogen (secondary N) is 1. The Bertz CT molecular complexity index is 476. The molecule has 2 rings (SSSR count). The maximum absolute atomic E-state index is 12.3. The Labute approximate surface area is 119 Å². The van der Waals surface area contributed by atoms with E-state index in [-0.39, 0.29) is 23.3 Å². The van der Waals surface area contributed by atoms with Gasteiger partial charge in [-0.2, -0.15) is 0 Å². The summed E-state index contributed by atoms with van der Waals surface area (Å²) in [7, 11) is 1.54. The van der Waals surface area contributed by atoms with Gasteiger partial charge in [-0.05, 0) is 44.1 Å². The molecule has 5 heteroatoms. The number of hydrogen-bond donors (Lipinski definition) is 2. The molecule has 1 unspecified atom stereocenters. The van der Waals surface area contributed by atoms with Gasteiger partial charge in [0, 0.05) is 12.6 Å². The van der Waals surface area contributed by atoms with Crippen LogP contribution in [0.25, 0.3) is 0 Å². The van der Waals surface area contributed by atoms with E-state index in [4.69, 9.17) is 4.74 Å². The lowest BCUT2D eigenvalue weighted by Crippen LogP contribution is -2.47. The molecular weight excluding hydrogens is 256 g/mol. The molecule has 1 aromatic carbocycles. The van der Waals surface area contributed by atoms with E-state index >= 15 is 0 Å². The molecule has 0 aromatic heterocycles. The van der Waals surface area contributed by atoms with Gasteiger partial charge in [-0.15, -0.1) is 0 Å². The standard InChI is InChI=1S/C15H22N2O3/c1-3-17-8-4-5-11(10-17)16-15(19)13-9-12(20-2)6-7-14(13)18/h6-7,9,11,18H,3-5,8,10H2,1-2H3,(H,16,19). The van der Waals surface area contributed by atoms with Gasteiger partial charge in [0.25, 0.3) is 5.91 Å². The van der Waals surface area contributed by atoms with Gasteiger partial charge < -0.3 is 20.1 Å². The fraction of sp³-hybridized carbons (Fsp3) is 0.533. The van der Waals surface area contributed by atoms with Crippen LogP contribution in [0.4, 0.5) is 0 Å². The summed E-state index contributed by atoms with van der Waals surface area (Å²) in [6, 6.07) is 4.81. The van der Waals surface area contributed by atoms with Crippen molar-refractivity contribution in [1.29, 1.82) is 0 Å². The Morgan fingerprint density at radius 2 is 2.35 bits per heavy atom. The number of aromatic hydroxyl groups is 1. The fourth-order valence-electron chi connectivity index (χ4n) is 2.55. The number of likely N-dealkylation sites (N-methyl/N-ethyl adjacent to an activating group) is 1. The number of piperidine rings is 1. The summed E-state index contributed by atoms with van der Waals surface area (Å²) in [5.74, 6) is 0.294. The lowest BCUT2D eigenvalue weighted by molar-refractivity contribution is 0.0903. The van der Waals surface area contributed by atoms with Crippen LogP contribution in [0.5, 0.6) is 11.5 Å². The number of benzene rings is 1. The van der Waals surface area contributed by atoms with E-state index in [9.17, 15) is 9.90 Å². The van der Waals surface area contributed by atoms with E-state index < -0.39 is 0 Å². The minimum atomic E-state index is -0.246. The Hall–Kier alpha value is -1.75. The molecule has 0 bridgehead atoms. The first-order valence-corrected chi connectivity index (χ1v) is 7.04. The average Bonchev–Trinajstić information content (AvgIpc) is 2.47. The Kier molecular flexibility index (Phi) is 4.84. The van der Waals surface area contributed by atoms with Crippen molar-refractivity contribution in [3.8, 4) is 11.5 Å². The minimum Gasteiger partial charge on any atom is -0.507 e. The summed E-state index contributed by atoms with van der Waals surface area (Å²) in [6.45, 7) is 5.08. The van der Waals surface area contributed by atoms with Gasteiger partial charge in [-0.3, -0.25) is 4.79 Å². The molecule has 1 atom stereocenters. The van der Waals surface area contributed by atoms with Crippen LogP contribution in [-0.4, -0.2) is 48.7 Å². The summed E-state index contributed by atoms with van der Waals surface area (Å²) >= 11 is 0. The highest BCUT2D eigenvalue weighted by molar-refractivity contribution is 5.97. The van der Waals surface area contributed by atoms with E-state index in [1.54, 1.807) is 12.1 Å². The van der Waals surface area contributed by atoms with Crippen LogP contribution in [0.15, 0.2) is 18.2 Å². The van der Waals surface area contributed by atoms with Gasteiger partial charge in [0.1, 0.15) is 11.5 Å². The van der Waals surface area contributed by atoms with Crippen molar-refractivity contribution in [2.75, 3.05) is 26.7 Å². The number of phenolic OH excluding ortho intramolecular Hbond substituents is 1. The van der Waals surface area contributed by atoms with Crippen molar-refractivity contribution in [1.82, 2.24) is 10.2 Å². The maximum atomic E-state index is 12.3. The third kappa shape index (κ3) is 3.42. The zero-order chi connectivity index (χ0) is 14.5. The van der Waals surface area contributed by atoms with Crippen molar-refractivity contribution < 1.29 is 14.6 Å². The predicted octanol–water partition coefficient (Wildman–Crippen LogP) is 1.61. The molecule has 1 aromatic rings. The predicted molar refractivity (Wildman–Crippen MR) is 77.3 cm³/mol. The molecule has 1 saturated heterocycles. The first-order valence-electron chi connectivity index (χ1n) is 7.04. The molecule has 1 aliphatic heterocycles. The Morgan fingerprint density at radius 1 is 1.55 bits per heavy atom. The first-order chi connectivity index (χ1) is 9.63. The highest BCUT2D eigenvalue weighted by Gasteiger charge is 2.22. The molecule has 0 radical (unpaired) electrons. The minimum absolute atomic E-state index is 0.0218. The van der Waals surface area contributed by atoms with Crippen LogP contribution in [0, 0.1) is 0 Å². The second kappa shape index (κ2) is 6.61. The maximum Gasteiger partial charge on any atom is 0.255 e. The van der Waals surface area contributed by atoms with E-state index in [2.05, 4.69) is 17.1 Å². The summed E-state index contributed by atoms with van der Waals surface area (Å²) in [5.41, 5.74) is 0.262. The molecule has 5 nitrogen and oxygen atoms in total. The molecule has 0 saturated carbocycles. The van der Waals surface area contributed by atoms with Gasteiger partial charge in [-0.1, -0.05) is 6.92 Å². The number of likely N-dealkylation sites (tertiary alicyclic amines) is 1. The lowest BCUT2D eigenvalue weighted by Gasteiger charge is -2.32. The molecule has 20 heavy (non-hydrogen) atoms. The molecule has 0 aliphatic carbocycles. The molecular formula is C15H22N2O3. The number of carbonyl (C=O) groups is 1. The third-order valence-electron chi connectivity index (χ3n) is 3.74. The number of ether oxygens (including phenoxy) is 1. The highest BCUT2D eigenvalue weighted by atomic mass is 16.5. The van der Waals surface area contributed by atoms with Crippen molar-refractivity contribution in [2.24, 2.45) is 0 Å². The number of hydrogen-bond acceptors (Lipinski definition) is 4. The largest absolute Gasteiger partial charge is 0.507 e. The van der Waals surface area contributed by atoms with Crippen molar-refractivity contribution in [3.05, 3.63) is 23.8 Å². The smallest absolute Gasteiger partial charge is 0.255 e. The number of methoxy groups -OCH3 is 1. The van der Waals surface area contributed by atoms with Crippen molar-refractivity contribution >= 4 is 5.91 Å². The highest BCUT2D eigenvalue weighted by Crippen LogP contribution is 2.23. The normalized spacial score (nSPS) is 19.6. The number of phenols is 1. The zero-order valence-corrected chi connectivity index (χ0v) is 12.1. The van der Waals surface area contributed by atoms with Crippen LogP contribution in [0.1, 0.15) is 30.1 Å². The van der Waals surface area contributed by atoms with Crippen LogP contribution < -0.4 is 10.1 Å². The number of nitrogens with zero attached hydrogens (tertiary/aromatic N) is 1. The van der Waals surface area contributed by atoms with Crippen LogP contribution in [0.3, 0.4) is 0 Å². The Balaban J connectivity index is 2.04. The van der Waals surface area contributed by atoms with E-state index in [0.29, 0.717) is 5.75 Å². The van der Waals surface area contributed by atoms with Gasteiger partial charge in [0.15, 0.2) is 0 Å². The third-order valence-corrected chi connectivity index (χ3v) is 3.74. The van der Waals surface area contributed by atoms with Gasteiger partial charge in [0.2, 0.25) is 0 Å². The fourth-order valence-corrected chi connectivity index (χ4v) is 2.55. The summed E-state index contributed by atoms with van der Waals surface area (Å²) in [6.07, 6.45) is 2.07. The zero-order valence-electron chi connectivity index (χ0n) is 12.1. The molecule has 0 spiro atoms. The molecule has 2 N–H and O–H groups in total. The van der Waals surface area contributed by atoms with Crippen molar-refractivity contribution in [2.45, 2.75) is 25.8 Å². The first kappa shape index (κ1) is 14.7. The van der Waals surface area contributed by atoms with Crippen molar-refractivity contribution in [3.63, 3.8) is 0 Å². The Morgan fingerprint density at radius 3 is 3.05 bits per heavy atom. The second-order valence-electron chi connectivity index (χ2n) is 5.09. The summed E-state index contributed by atoms with van der Waals surface area (Å²) in [4.78, 5) is 14.6. The quantitative estimate of drug-likeness (QED) is 0.878. The number of rotatable bonds is 4. The molecule has 1 amide bonds. The van der Waals surface area contributed by atoms with Gasteiger partial charge >= 0.3 is 0 Å². The van der Waals surface area contributed by atoms with E-state index in [1.807, 2.05) is 0 Å². The topological polar surface area (TPSA) is 61.8 Å². The molecule has 1 aliphatic rings. The average molecular weight is 278 g/mol. The molecule has 110 valence electrons. The molecule has 1 fully saturated rings. The monoisotopic (exact) mass is 278 g/mol. The summed E-state index contributed by atoms with van der Waals surface area (Å²) < 4.78 is 5.09. The number of carbonyl (C=O) groups excluding carboxylic acids is 1. The SMILES string of the molecule is CCN1CCCC(NC(=O)c2cc(OC)ccc2O)C1. The second-order valence-corrected chi connectivity index (χ2v) is 5.09. The van der Waals surface area contributed by atoms with Crippen LogP contribution in [0.2, 0.25) is 0 Å². The summed E-state index contributed by atoms with van der Waals surface area (Å²) in [5, 5.41) is 12.8. The van der Waals surface area contributed by atoms with E-state index in [0.717, 1.165) is 32.5 Å². The van der Waals surface area contributed by atoms with Gasteiger partial charge in [0.05, 0.1) is 12.7 Å². The van der Waals surface area contributed by atoms with Gasteiger partial charge in [-0.25, -0.2) is 0 Å². The molecule has 1 heterocycles. The van der Waals surface area contributed by atoms with Crippen LogP contribution >= 0.6 is 0 Å². The van der Waals surface area contributed by atoms with E-state index in [1.165, 1.54) is 13.2 Å². The lowest BCUT2D eigenvalue weighted by atomic mass is 10.0. The number of amides is 1.